The van der Waals surface area contributed by atoms with Crippen molar-refractivity contribution in [3.8, 4) is 0 Å². The molecule has 22 heavy (non-hydrogen) atoms. The molecule has 0 radical (unpaired) electrons. The third-order valence-electron chi connectivity index (χ3n) is 5.54. The Labute approximate surface area is 136 Å². The number of hydrogen-bond acceptors (Lipinski definition) is 3. The van der Waals surface area contributed by atoms with Crippen molar-refractivity contribution in [1.29, 1.82) is 0 Å². The maximum Gasteiger partial charge on any atom is 0.142 e. The molecule has 3 heterocycles. The van der Waals surface area contributed by atoms with Crippen LogP contribution in [-0.4, -0.2) is 29.2 Å². The SMILES string of the molecule is Cc1cc([C@@H]2C3CCC(C[C@@H]2c2ccc(Cl)cc2)N3C)on1. The van der Waals surface area contributed by atoms with Crippen LogP contribution in [0.3, 0.4) is 0 Å². The lowest BCUT2D eigenvalue weighted by Crippen LogP contribution is -2.44. The summed E-state index contributed by atoms with van der Waals surface area (Å²) in [6, 6.07) is 11.7. The van der Waals surface area contributed by atoms with Gasteiger partial charge in [0.05, 0.1) is 5.69 Å². The average Bonchev–Trinajstić information content (AvgIpc) is 3.02. The largest absolute Gasteiger partial charge is 0.361 e. The van der Waals surface area contributed by atoms with E-state index >= 15 is 0 Å². The third kappa shape index (κ3) is 2.27. The second kappa shape index (κ2) is 5.39. The maximum atomic E-state index is 6.06. The van der Waals surface area contributed by atoms with E-state index in [0.717, 1.165) is 16.5 Å². The standard InChI is InChI=1S/C18H21ClN2O/c1-11-9-17(22-20-11)18-15(12-3-5-13(19)6-4-12)10-14-7-8-16(18)21(14)2/h3-6,9,14-16,18H,7-8,10H2,1-2H3/t14?,15-,16?,18+/m1/s1. The molecule has 0 aliphatic carbocycles. The first-order chi connectivity index (χ1) is 10.6. The highest BCUT2D eigenvalue weighted by atomic mass is 35.5. The Morgan fingerprint density at radius 2 is 2.00 bits per heavy atom. The summed E-state index contributed by atoms with van der Waals surface area (Å²) >= 11 is 6.06. The first-order valence-corrected chi connectivity index (χ1v) is 8.42. The minimum absolute atomic E-state index is 0.381. The van der Waals surface area contributed by atoms with Crippen molar-refractivity contribution in [2.75, 3.05) is 7.05 Å². The Balaban J connectivity index is 1.76. The molecule has 3 nitrogen and oxygen atoms in total. The zero-order chi connectivity index (χ0) is 15.3. The highest BCUT2D eigenvalue weighted by Gasteiger charge is 2.47. The summed E-state index contributed by atoms with van der Waals surface area (Å²) in [5, 5.41) is 4.92. The van der Waals surface area contributed by atoms with Crippen LogP contribution < -0.4 is 0 Å². The van der Waals surface area contributed by atoms with E-state index in [4.69, 9.17) is 16.1 Å². The van der Waals surface area contributed by atoms with Gasteiger partial charge in [0.15, 0.2) is 0 Å². The van der Waals surface area contributed by atoms with E-state index in [-0.39, 0.29) is 0 Å². The van der Waals surface area contributed by atoms with Gasteiger partial charge in [-0.3, -0.25) is 4.90 Å². The summed E-state index contributed by atoms with van der Waals surface area (Å²) in [6.07, 6.45) is 3.71. The fourth-order valence-corrected chi connectivity index (χ4v) is 4.57. The number of halogens is 1. The van der Waals surface area contributed by atoms with Gasteiger partial charge in [-0.05, 0) is 56.8 Å². The van der Waals surface area contributed by atoms with Gasteiger partial charge in [0.1, 0.15) is 5.76 Å². The van der Waals surface area contributed by atoms with Crippen LogP contribution >= 0.6 is 11.6 Å². The molecule has 2 unspecified atom stereocenters. The van der Waals surface area contributed by atoms with Gasteiger partial charge in [-0.1, -0.05) is 28.9 Å². The minimum atomic E-state index is 0.381. The molecule has 2 aromatic rings. The van der Waals surface area contributed by atoms with Gasteiger partial charge in [0.2, 0.25) is 0 Å². The molecule has 0 amide bonds. The number of fused-ring (bicyclic) bond motifs is 2. The molecule has 4 atom stereocenters. The number of piperidine rings is 1. The number of aromatic nitrogens is 1. The van der Waals surface area contributed by atoms with Crippen LogP contribution in [0.1, 0.15) is 48.1 Å². The number of nitrogens with zero attached hydrogens (tertiary/aromatic N) is 2. The first-order valence-electron chi connectivity index (χ1n) is 8.04. The van der Waals surface area contributed by atoms with E-state index in [1.54, 1.807) is 0 Å². The van der Waals surface area contributed by atoms with Crippen molar-refractivity contribution < 1.29 is 4.52 Å². The van der Waals surface area contributed by atoms with Crippen LogP contribution in [0.5, 0.6) is 0 Å². The molecule has 2 saturated heterocycles. The van der Waals surface area contributed by atoms with Gasteiger partial charge in [-0.2, -0.15) is 0 Å². The molecule has 1 aromatic heterocycles. The number of hydrogen-bond donors (Lipinski definition) is 0. The number of aryl methyl sites for hydroxylation is 1. The van der Waals surface area contributed by atoms with Crippen molar-refractivity contribution >= 4 is 11.6 Å². The van der Waals surface area contributed by atoms with Gasteiger partial charge < -0.3 is 4.52 Å². The van der Waals surface area contributed by atoms with Crippen molar-refractivity contribution in [3.63, 3.8) is 0 Å². The molecule has 2 bridgehead atoms. The summed E-state index contributed by atoms with van der Waals surface area (Å²) < 4.78 is 5.68. The second-order valence-electron chi connectivity index (χ2n) is 6.75. The van der Waals surface area contributed by atoms with Crippen LogP contribution in [0.25, 0.3) is 0 Å². The molecule has 4 heteroatoms. The molecule has 0 N–H and O–H groups in total. The quantitative estimate of drug-likeness (QED) is 0.824. The zero-order valence-electron chi connectivity index (χ0n) is 13.0. The Hall–Kier alpha value is -1.32. The van der Waals surface area contributed by atoms with Crippen LogP contribution in [0.15, 0.2) is 34.9 Å². The predicted molar refractivity (Wildman–Crippen MR) is 87.4 cm³/mol. The molecule has 0 saturated carbocycles. The Morgan fingerprint density at radius 3 is 2.68 bits per heavy atom. The molecule has 4 rings (SSSR count). The lowest BCUT2D eigenvalue weighted by Gasteiger charge is -2.42. The van der Waals surface area contributed by atoms with Gasteiger partial charge in [-0.15, -0.1) is 0 Å². The summed E-state index contributed by atoms with van der Waals surface area (Å²) in [5.74, 6) is 1.90. The van der Waals surface area contributed by atoms with Gasteiger partial charge in [0, 0.05) is 29.1 Å². The van der Waals surface area contributed by atoms with Crippen molar-refractivity contribution in [2.24, 2.45) is 0 Å². The van der Waals surface area contributed by atoms with Gasteiger partial charge in [-0.25, -0.2) is 0 Å². The molecule has 2 aliphatic rings. The zero-order valence-corrected chi connectivity index (χ0v) is 13.8. The van der Waals surface area contributed by atoms with Crippen LogP contribution in [0, 0.1) is 6.92 Å². The lowest BCUT2D eigenvalue weighted by molar-refractivity contribution is 0.122. The molecule has 116 valence electrons. The Bertz CT molecular complexity index is 666. The highest BCUT2D eigenvalue weighted by Crippen LogP contribution is 2.50. The molecular formula is C18H21ClN2O. The third-order valence-corrected chi connectivity index (χ3v) is 5.79. The topological polar surface area (TPSA) is 29.3 Å². The van der Waals surface area contributed by atoms with Crippen molar-refractivity contribution in [2.45, 2.75) is 50.1 Å². The van der Waals surface area contributed by atoms with E-state index in [9.17, 15) is 0 Å². The molecule has 2 fully saturated rings. The lowest BCUT2D eigenvalue weighted by atomic mass is 9.75. The number of likely N-dealkylation sites (N-methyl/N-ethyl adjacent to an activating group) is 1. The number of benzene rings is 1. The van der Waals surface area contributed by atoms with Gasteiger partial charge >= 0.3 is 0 Å². The second-order valence-corrected chi connectivity index (χ2v) is 7.19. The van der Waals surface area contributed by atoms with Gasteiger partial charge in [0.25, 0.3) is 0 Å². The monoisotopic (exact) mass is 316 g/mol. The predicted octanol–water partition coefficient (Wildman–Crippen LogP) is 4.37. The Kier molecular flexibility index (Phi) is 3.50. The van der Waals surface area contributed by atoms with E-state index in [1.807, 2.05) is 19.1 Å². The molecule has 2 aliphatic heterocycles. The summed E-state index contributed by atoms with van der Waals surface area (Å²) in [7, 11) is 2.26. The van der Waals surface area contributed by atoms with Crippen LogP contribution in [0.4, 0.5) is 0 Å². The van der Waals surface area contributed by atoms with Crippen LogP contribution in [-0.2, 0) is 0 Å². The first kappa shape index (κ1) is 14.3. The van der Waals surface area contributed by atoms with E-state index in [0.29, 0.717) is 23.9 Å². The molecular weight excluding hydrogens is 296 g/mol. The fourth-order valence-electron chi connectivity index (χ4n) is 4.45. The van der Waals surface area contributed by atoms with E-state index < -0.39 is 0 Å². The van der Waals surface area contributed by atoms with E-state index in [1.165, 1.54) is 24.8 Å². The Morgan fingerprint density at radius 1 is 1.23 bits per heavy atom. The smallest absolute Gasteiger partial charge is 0.142 e. The normalized spacial score (nSPS) is 31.6. The highest BCUT2D eigenvalue weighted by molar-refractivity contribution is 6.30. The fraction of sp³-hybridized carbons (Fsp3) is 0.500. The summed E-state index contributed by atoms with van der Waals surface area (Å²) in [6.45, 7) is 1.99. The number of rotatable bonds is 2. The van der Waals surface area contributed by atoms with Crippen molar-refractivity contribution in [1.82, 2.24) is 10.1 Å². The van der Waals surface area contributed by atoms with Crippen LogP contribution in [0.2, 0.25) is 5.02 Å². The molecule has 1 aromatic carbocycles. The average molecular weight is 317 g/mol. The maximum absolute atomic E-state index is 6.06. The minimum Gasteiger partial charge on any atom is -0.361 e. The van der Waals surface area contributed by atoms with E-state index in [2.05, 4.69) is 35.3 Å². The van der Waals surface area contributed by atoms with Crippen molar-refractivity contribution in [3.05, 3.63) is 52.4 Å². The summed E-state index contributed by atoms with van der Waals surface area (Å²) in [5.41, 5.74) is 2.33. The molecule has 0 spiro atoms. The summed E-state index contributed by atoms with van der Waals surface area (Å²) in [4.78, 5) is 2.55.